The van der Waals surface area contributed by atoms with Crippen LogP contribution >= 0.6 is 0 Å². The zero-order valence-electron chi connectivity index (χ0n) is 14.3. The number of fused-ring (bicyclic) bond motifs is 1. The molecule has 0 bridgehead atoms. The fourth-order valence-corrected chi connectivity index (χ4v) is 3.86. The maximum atomic E-state index is 7.67. The van der Waals surface area contributed by atoms with Crippen molar-refractivity contribution < 1.29 is 0 Å². The van der Waals surface area contributed by atoms with E-state index < -0.39 is 0 Å². The molecule has 3 aromatic rings. The predicted molar refractivity (Wildman–Crippen MR) is 104 cm³/mol. The number of aromatic amines is 1. The van der Waals surface area contributed by atoms with E-state index >= 15 is 0 Å². The third kappa shape index (κ3) is 3.25. The Morgan fingerprint density at radius 3 is 2.60 bits per heavy atom. The van der Waals surface area contributed by atoms with Crippen LogP contribution in [-0.2, 0) is 6.42 Å². The molecule has 1 saturated heterocycles. The van der Waals surface area contributed by atoms with Crippen molar-refractivity contribution in [2.75, 3.05) is 18.0 Å². The van der Waals surface area contributed by atoms with Gasteiger partial charge in [0, 0.05) is 35.8 Å². The Morgan fingerprint density at radius 1 is 1.12 bits per heavy atom. The van der Waals surface area contributed by atoms with E-state index in [1.54, 1.807) is 0 Å². The molecule has 0 amide bonds. The Hall–Kier alpha value is -2.75. The summed E-state index contributed by atoms with van der Waals surface area (Å²) in [4.78, 5) is 5.81. The van der Waals surface area contributed by atoms with Crippen molar-refractivity contribution in [3.05, 3.63) is 65.9 Å². The normalized spacial score (nSPS) is 15.6. The zero-order chi connectivity index (χ0) is 17.2. The first kappa shape index (κ1) is 15.8. The number of hydrogen-bond donors (Lipinski definition) is 3. The molecular weight excluding hydrogens is 308 g/mol. The summed E-state index contributed by atoms with van der Waals surface area (Å²) in [5.41, 5.74) is 10.2. The summed E-state index contributed by atoms with van der Waals surface area (Å²) >= 11 is 0. The third-order valence-corrected chi connectivity index (χ3v) is 5.29. The number of rotatable bonds is 4. The maximum absolute atomic E-state index is 7.67. The van der Waals surface area contributed by atoms with E-state index in [4.69, 9.17) is 11.1 Å². The Balaban J connectivity index is 1.48. The highest BCUT2D eigenvalue weighted by Gasteiger charge is 2.21. The van der Waals surface area contributed by atoms with E-state index in [9.17, 15) is 0 Å². The molecule has 4 rings (SSSR count). The van der Waals surface area contributed by atoms with Crippen molar-refractivity contribution in [2.45, 2.75) is 19.3 Å². The first-order chi connectivity index (χ1) is 12.2. The molecule has 4 N–H and O–H groups in total. The van der Waals surface area contributed by atoms with Crippen molar-refractivity contribution in [3.8, 4) is 0 Å². The second-order valence-electron chi connectivity index (χ2n) is 6.97. The molecule has 1 aliphatic rings. The summed E-state index contributed by atoms with van der Waals surface area (Å²) < 4.78 is 0. The average molecular weight is 332 g/mol. The molecule has 128 valence electrons. The Bertz CT molecular complexity index is 873. The van der Waals surface area contributed by atoms with Crippen LogP contribution in [-0.4, -0.2) is 23.9 Å². The molecule has 0 unspecified atom stereocenters. The van der Waals surface area contributed by atoms with Gasteiger partial charge in [0.1, 0.15) is 5.84 Å². The number of benzene rings is 2. The van der Waals surface area contributed by atoms with E-state index in [0.29, 0.717) is 0 Å². The van der Waals surface area contributed by atoms with Crippen LogP contribution in [0.2, 0.25) is 0 Å². The highest BCUT2D eigenvalue weighted by Crippen LogP contribution is 2.31. The minimum atomic E-state index is 0.121. The molecule has 1 fully saturated rings. The summed E-state index contributed by atoms with van der Waals surface area (Å²) in [5.74, 6) is 0.882. The quantitative estimate of drug-likeness (QED) is 0.501. The smallest absolute Gasteiger partial charge is 0.122 e. The molecule has 2 heterocycles. The SMILES string of the molecule is N=C(N)c1ccc2[nH]cc(N3CCC(Cc4ccccc4)CC3)c2c1. The number of H-pyrrole nitrogens is 1. The molecule has 0 radical (unpaired) electrons. The molecule has 1 aromatic heterocycles. The van der Waals surface area contributed by atoms with Crippen molar-refractivity contribution in [2.24, 2.45) is 11.7 Å². The molecule has 0 aliphatic carbocycles. The van der Waals surface area contributed by atoms with Crippen molar-refractivity contribution in [1.82, 2.24) is 4.98 Å². The largest absolute Gasteiger partial charge is 0.384 e. The summed E-state index contributed by atoms with van der Waals surface area (Å²) in [6.07, 6.45) is 5.70. The van der Waals surface area contributed by atoms with Gasteiger partial charge >= 0.3 is 0 Å². The van der Waals surface area contributed by atoms with Gasteiger partial charge in [-0.2, -0.15) is 0 Å². The first-order valence-electron chi connectivity index (χ1n) is 8.95. The number of nitrogens with zero attached hydrogens (tertiary/aromatic N) is 1. The minimum absolute atomic E-state index is 0.121. The second kappa shape index (κ2) is 6.63. The maximum Gasteiger partial charge on any atom is 0.122 e. The third-order valence-electron chi connectivity index (χ3n) is 5.29. The van der Waals surface area contributed by atoms with Crippen LogP contribution in [0.4, 0.5) is 5.69 Å². The fraction of sp³-hybridized carbons (Fsp3) is 0.286. The summed E-state index contributed by atoms with van der Waals surface area (Å²) in [6, 6.07) is 16.7. The number of anilines is 1. The van der Waals surface area contributed by atoms with Crippen LogP contribution in [0.5, 0.6) is 0 Å². The van der Waals surface area contributed by atoms with Crippen LogP contribution in [0.25, 0.3) is 10.9 Å². The van der Waals surface area contributed by atoms with E-state index in [-0.39, 0.29) is 5.84 Å². The van der Waals surface area contributed by atoms with Gasteiger partial charge < -0.3 is 15.6 Å². The topological polar surface area (TPSA) is 68.9 Å². The van der Waals surface area contributed by atoms with E-state index in [1.165, 1.54) is 30.5 Å². The molecule has 2 aromatic carbocycles. The molecule has 25 heavy (non-hydrogen) atoms. The van der Waals surface area contributed by atoms with Crippen molar-refractivity contribution in [1.29, 1.82) is 5.41 Å². The predicted octanol–water partition coefficient (Wildman–Crippen LogP) is 3.91. The van der Waals surface area contributed by atoms with Gasteiger partial charge in [-0.3, -0.25) is 5.41 Å². The fourth-order valence-electron chi connectivity index (χ4n) is 3.86. The number of nitrogen functional groups attached to an aromatic ring is 1. The number of aromatic nitrogens is 1. The average Bonchev–Trinajstić information content (AvgIpc) is 3.06. The van der Waals surface area contributed by atoms with Gasteiger partial charge in [0.05, 0.1) is 5.69 Å². The highest BCUT2D eigenvalue weighted by molar-refractivity contribution is 6.02. The molecule has 0 saturated carbocycles. The monoisotopic (exact) mass is 332 g/mol. The van der Waals surface area contributed by atoms with Gasteiger partial charge in [-0.15, -0.1) is 0 Å². The van der Waals surface area contributed by atoms with Gasteiger partial charge in [-0.05, 0) is 48.9 Å². The Labute approximate surface area is 148 Å². The highest BCUT2D eigenvalue weighted by atomic mass is 15.1. The van der Waals surface area contributed by atoms with E-state index in [1.807, 2.05) is 18.2 Å². The van der Waals surface area contributed by atoms with Gasteiger partial charge in [0.15, 0.2) is 0 Å². The van der Waals surface area contributed by atoms with Crippen molar-refractivity contribution >= 4 is 22.4 Å². The lowest BCUT2D eigenvalue weighted by Crippen LogP contribution is -2.34. The number of piperidine rings is 1. The molecular formula is C21H24N4. The Kier molecular flexibility index (Phi) is 4.18. The van der Waals surface area contributed by atoms with Crippen LogP contribution in [0.15, 0.2) is 54.7 Å². The number of hydrogen-bond acceptors (Lipinski definition) is 2. The zero-order valence-corrected chi connectivity index (χ0v) is 14.3. The minimum Gasteiger partial charge on any atom is -0.384 e. The second-order valence-corrected chi connectivity index (χ2v) is 6.97. The van der Waals surface area contributed by atoms with Gasteiger partial charge in [-0.1, -0.05) is 30.3 Å². The standard InChI is InChI=1S/C21H24N4/c22-21(23)17-6-7-19-18(13-17)20(14-24-19)25-10-8-16(9-11-25)12-15-4-2-1-3-5-15/h1-7,13-14,16,24H,8-12H2,(H3,22,23). The van der Waals surface area contributed by atoms with Crippen LogP contribution in [0.1, 0.15) is 24.0 Å². The molecule has 0 spiro atoms. The summed E-state index contributed by atoms with van der Waals surface area (Å²) in [7, 11) is 0. The number of nitrogens with two attached hydrogens (primary N) is 1. The summed E-state index contributed by atoms with van der Waals surface area (Å²) in [6.45, 7) is 2.16. The van der Waals surface area contributed by atoms with Crippen molar-refractivity contribution in [3.63, 3.8) is 0 Å². The number of amidine groups is 1. The van der Waals surface area contributed by atoms with Crippen LogP contribution in [0.3, 0.4) is 0 Å². The van der Waals surface area contributed by atoms with Crippen LogP contribution in [0, 0.1) is 11.3 Å². The lowest BCUT2D eigenvalue weighted by molar-refractivity contribution is 0.404. The lowest BCUT2D eigenvalue weighted by atomic mass is 9.90. The number of nitrogens with one attached hydrogen (secondary N) is 2. The molecule has 0 atom stereocenters. The molecule has 1 aliphatic heterocycles. The van der Waals surface area contributed by atoms with Gasteiger partial charge in [0.2, 0.25) is 0 Å². The van der Waals surface area contributed by atoms with E-state index in [0.717, 1.165) is 35.5 Å². The first-order valence-corrected chi connectivity index (χ1v) is 8.95. The van der Waals surface area contributed by atoms with Gasteiger partial charge in [0.25, 0.3) is 0 Å². The lowest BCUT2D eigenvalue weighted by Gasteiger charge is -2.33. The summed E-state index contributed by atoms with van der Waals surface area (Å²) in [5, 5.41) is 8.83. The molecule has 4 heteroatoms. The molecule has 4 nitrogen and oxygen atoms in total. The van der Waals surface area contributed by atoms with Gasteiger partial charge in [-0.25, -0.2) is 0 Å². The van der Waals surface area contributed by atoms with Crippen LogP contribution < -0.4 is 10.6 Å². The van der Waals surface area contributed by atoms with E-state index in [2.05, 4.69) is 46.4 Å². The Morgan fingerprint density at radius 2 is 1.88 bits per heavy atom.